The third-order valence-electron chi connectivity index (χ3n) is 8.36. The number of hydrogen-bond donors (Lipinski definition) is 0. The van der Waals surface area contributed by atoms with E-state index < -0.39 is 0 Å². The molecule has 4 heterocycles. The van der Waals surface area contributed by atoms with Gasteiger partial charge in [0.2, 0.25) is 0 Å². The van der Waals surface area contributed by atoms with E-state index in [0.29, 0.717) is 0 Å². The quantitative estimate of drug-likeness (QED) is 0.276. The first kappa shape index (κ1) is 18.8. The molecular formula is C33H21BN2. The monoisotopic (exact) mass is 456 g/mol. The number of rotatable bonds is 1. The molecule has 2 nitrogen and oxygen atoms in total. The number of hydrogen-bond acceptors (Lipinski definition) is 0. The molecule has 0 amide bonds. The average molecular weight is 456 g/mol. The molecule has 7 aromatic rings. The summed E-state index contributed by atoms with van der Waals surface area (Å²) in [6, 6.07) is 40.5. The Morgan fingerprint density at radius 3 is 2.25 bits per heavy atom. The maximum Gasteiger partial charge on any atom is 0.251 e. The van der Waals surface area contributed by atoms with Crippen molar-refractivity contribution in [2.45, 2.75) is 6.92 Å². The van der Waals surface area contributed by atoms with Crippen molar-refractivity contribution in [2.75, 3.05) is 0 Å². The second kappa shape index (κ2) is 6.38. The summed E-state index contributed by atoms with van der Waals surface area (Å²) in [5, 5.41) is 1.36. The fourth-order valence-corrected chi connectivity index (χ4v) is 6.95. The lowest BCUT2D eigenvalue weighted by Gasteiger charge is -2.23. The van der Waals surface area contributed by atoms with E-state index in [1.807, 2.05) is 0 Å². The first-order valence-electron chi connectivity index (χ1n) is 12.7. The molecular weight excluding hydrogens is 435 g/mol. The summed E-state index contributed by atoms with van der Waals surface area (Å²) >= 11 is 0. The van der Waals surface area contributed by atoms with Gasteiger partial charge >= 0.3 is 0 Å². The van der Waals surface area contributed by atoms with Gasteiger partial charge in [0.15, 0.2) is 0 Å². The van der Waals surface area contributed by atoms with E-state index in [1.54, 1.807) is 0 Å². The van der Waals surface area contributed by atoms with Crippen molar-refractivity contribution in [1.29, 1.82) is 0 Å². The summed E-state index contributed by atoms with van der Waals surface area (Å²) in [6.45, 7) is 2.43. The molecule has 0 saturated heterocycles. The number of nitrogens with zero attached hydrogens (tertiary/aromatic N) is 2. The molecule has 2 aliphatic rings. The normalized spacial score (nSPS) is 13.1. The minimum Gasteiger partial charge on any atom is -0.295 e. The van der Waals surface area contributed by atoms with Crippen molar-refractivity contribution < 1.29 is 0 Å². The fourth-order valence-electron chi connectivity index (χ4n) is 6.95. The molecule has 166 valence electrons. The zero-order valence-electron chi connectivity index (χ0n) is 19.9. The van der Waals surface area contributed by atoms with E-state index >= 15 is 0 Å². The number of benzene rings is 5. The minimum absolute atomic E-state index is 0.239. The second-order valence-electron chi connectivity index (χ2n) is 10.3. The first-order chi connectivity index (χ1) is 17.8. The van der Waals surface area contributed by atoms with Crippen LogP contribution in [0.2, 0.25) is 0 Å². The Kier molecular flexibility index (Phi) is 3.33. The summed E-state index contributed by atoms with van der Waals surface area (Å²) in [4.78, 5) is 0. The van der Waals surface area contributed by atoms with Crippen molar-refractivity contribution in [3.05, 3.63) is 115 Å². The number of imidazole rings is 1. The summed E-state index contributed by atoms with van der Waals surface area (Å²) < 4.78 is 5.04. The van der Waals surface area contributed by atoms with E-state index in [0.717, 1.165) is 0 Å². The highest BCUT2D eigenvalue weighted by molar-refractivity contribution is 7.02. The van der Waals surface area contributed by atoms with Crippen LogP contribution in [0.15, 0.2) is 109 Å². The van der Waals surface area contributed by atoms with E-state index in [-0.39, 0.29) is 6.71 Å². The Labute approximate surface area is 209 Å². The van der Waals surface area contributed by atoms with Crippen molar-refractivity contribution in [2.24, 2.45) is 0 Å². The molecule has 2 aliphatic heterocycles. The molecule has 9 rings (SSSR count). The van der Waals surface area contributed by atoms with Gasteiger partial charge < -0.3 is 0 Å². The van der Waals surface area contributed by atoms with Gasteiger partial charge in [-0.05, 0) is 81.4 Å². The van der Waals surface area contributed by atoms with Gasteiger partial charge in [-0.25, -0.2) is 0 Å². The maximum atomic E-state index is 2.54. The lowest BCUT2D eigenvalue weighted by atomic mass is 9.37. The second-order valence-corrected chi connectivity index (χ2v) is 10.3. The van der Waals surface area contributed by atoms with Crippen LogP contribution in [0.25, 0.3) is 55.5 Å². The van der Waals surface area contributed by atoms with Crippen LogP contribution in [-0.2, 0) is 0 Å². The van der Waals surface area contributed by atoms with E-state index in [2.05, 4.69) is 125 Å². The van der Waals surface area contributed by atoms with E-state index in [9.17, 15) is 0 Å². The summed E-state index contributed by atoms with van der Waals surface area (Å²) in [5.41, 5.74) is 17.3. The molecule has 0 atom stereocenters. The highest BCUT2D eigenvalue weighted by atomic mass is 15.1. The van der Waals surface area contributed by atoms with Crippen molar-refractivity contribution in [3.63, 3.8) is 0 Å². The molecule has 0 N–H and O–H groups in total. The van der Waals surface area contributed by atoms with E-state index in [1.165, 1.54) is 77.5 Å². The number of aryl methyl sites for hydroxylation is 1. The van der Waals surface area contributed by atoms with Crippen LogP contribution in [0, 0.1) is 6.92 Å². The Morgan fingerprint density at radius 1 is 0.583 bits per heavy atom. The van der Waals surface area contributed by atoms with Crippen molar-refractivity contribution in [3.8, 4) is 27.9 Å². The third-order valence-corrected chi connectivity index (χ3v) is 8.36. The molecule has 5 aromatic carbocycles. The Hall–Kier alpha value is -4.50. The van der Waals surface area contributed by atoms with Crippen molar-refractivity contribution >= 4 is 50.7 Å². The maximum absolute atomic E-state index is 2.54. The predicted octanol–water partition coefficient (Wildman–Crippen LogP) is 5.82. The zero-order chi connectivity index (χ0) is 23.5. The largest absolute Gasteiger partial charge is 0.295 e. The standard InChI is InChI=1S/C33H21BN2/c1-20-15-16-24-29(17-20)35-27-13-7-8-14-28(27)36-30-19-22(21-9-3-2-4-10-21)18-25-23-11-5-6-12-26(23)34(31(25)30)32(24)33(35)36/h2-19H,1H3. The molecule has 0 bridgehead atoms. The van der Waals surface area contributed by atoms with Crippen LogP contribution in [0.5, 0.6) is 0 Å². The first-order valence-corrected chi connectivity index (χ1v) is 12.7. The van der Waals surface area contributed by atoms with Gasteiger partial charge in [-0.3, -0.25) is 8.97 Å². The van der Waals surface area contributed by atoms with Gasteiger partial charge in [0.1, 0.15) is 5.65 Å². The van der Waals surface area contributed by atoms with Gasteiger partial charge in [0, 0.05) is 5.69 Å². The van der Waals surface area contributed by atoms with Gasteiger partial charge in [-0.15, -0.1) is 0 Å². The van der Waals surface area contributed by atoms with Crippen LogP contribution in [0.4, 0.5) is 0 Å². The number of fused-ring (bicyclic) bond motifs is 11. The van der Waals surface area contributed by atoms with Crippen LogP contribution in [0.3, 0.4) is 0 Å². The van der Waals surface area contributed by atoms with E-state index in [4.69, 9.17) is 0 Å². The van der Waals surface area contributed by atoms with Gasteiger partial charge in [0.25, 0.3) is 6.71 Å². The van der Waals surface area contributed by atoms with Crippen molar-refractivity contribution in [1.82, 2.24) is 8.97 Å². The van der Waals surface area contributed by atoms with Crippen LogP contribution >= 0.6 is 0 Å². The van der Waals surface area contributed by atoms with Crippen LogP contribution in [0.1, 0.15) is 5.56 Å². The van der Waals surface area contributed by atoms with Gasteiger partial charge in [-0.2, -0.15) is 0 Å². The smallest absolute Gasteiger partial charge is 0.251 e. The van der Waals surface area contributed by atoms with Crippen LogP contribution in [-0.4, -0.2) is 15.7 Å². The molecule has 0 unspecified atom stereocenters. The number of para-hydroxylation sites is 2. The molecule has 0 aliphatic carbocycles. The van der Waals surface area contributed by atoms with Crippen LogP contribution < -0.4 is 16.4 Å². The molecule has 36 heavy (non-hydrogen) atoms. The summed E-state index contributed by atoms with van der Waals surface area (Å²) in [7, 11) is 0. The lowest BCUT2D eigenvalue weighted by molar-refractivity contribution is 1.16. The fraction of sp³-hybridized carbons (Fsp3) is 0.0303. The van der Waals surface area contributed by atoms with Gasteiger partial charge in [-0.1, -0.05) is 84.3 Å². The molecule has 0 saturated carbocycles. The number of aromatic nitrogens is 2. The highest BCUT2D eigenvalue weighted by Crippen LogP contribution is 2.39. The zero-order valence-corrected chi connectivity index (χ0v) is 19.9. The Morgan fingerprint density at radius 2 is 1.36 bits per heavy atom. The average Bonchev–Trinajstić information content (AvgIpc) is 3.55. The Balaban J connectivity index is 1.55. The minimum atomic E-state index is 0.239. The molecule has 0 radical (unpaired) electrons. The molecule has 3 heteroatoms. The lowest BCUT2D eigenvalue weighted by Crippen LogP contribution is -2.53. The molecule has 0 fully saturated rings. The van der Waals surface area contributed by atoms with Gasteiger partial charge in [0.05, 0.1) is 16.6 Å². The topological polar surface area (TPSA) is 9.34 Å². The summed E-state index contributed by atoms with van der Waals surface area (Å²) in [5.74, 6) is 0. The SMILES string of the molecule is Cc1ccc2c3c4n(c5ccccc5n4c2c1)-c1cc(-c2ccccc2)cc2c1B3c1ccccc1-2. The summed E-state index contributed by atoms with van der Waals surface area (Å²) in [6.07, 6.45) is 0. The predicted molar refractivity (Wildman–Crippen MR) is 152 cm³/mol. The third kappa shape index (κ3) is 2.11. The molecule has 0 spiro atoms. The molecule has 2 aromatic heterocycles. The highest BCUT2D eigenvalue weighted by Gasteiger charge is 2.43. The Bertz CT molecular complexity index is 2060.